The second-order valence-electron chi connectivity index (χ2n) is 2.70. The lowest BCUT2D eigenvalue weighted by atomic mass is 10.2. The first kappa shape index (κ1) is 10.1. The topological polar surface area (TPSA) is 60.2 Å². The van der Waals surface area contributed by atoms with E-state index in [0.29, 0.717) is 5.56 Å². The number of nitrogens with two attached hydrogens (primary N) is 1. The van der Waals surface area contributed by atoms with Crippen molar-refractivity contribution in [3.8, 4) is 0 Å². The average Bonchev–Trinajstić information content (AvgIpc) is 2.01. The third-order valence-electron chi connectivity index (χ3n) is 1.64. The molecule has 0 bridgehead atoms. The van der Waals surface area contributed by atoms with Crippen LogP contribution in [0.15, 0.2) is 23.1 Å². The second kappa shape index (κ2) is 3.43. The van der Waals surface area contributed by atoms with Gasteiger partial charge >= 0.3 is 0 Å². The standard InChI is InChI=1S/C8H10FNO2S/c1-13(11,12)8-6(5-10)3-2-4-7(8)9/h2-4H,5,10H2,1H3. The van der Waals surface area contributed by atoms with Crippen LogP contribution in [0, 0.1) is 5.82 Å². The minimum absolute atomic E-state index is 0.0141. The second-order valence-corrected chi connectivity index (χ2v) is 4.66. The Kier molecular flexibility index (Phi) is 2.68. The first-order valence-corrected chi connectivity index (χ1v) is 5.53. The molecule has 0 fully saturated rings. The predicted molar refractivity (Wildman–Crippen MR) is 47.4 cm³/mol. The highest BCUT2D eigenvalue weighted by molar-refractivity contribution is 7.90. The molecule has 5 heteroatoms. The first-order chi connectivity index (χ1) is 5.96. The molecule has 1 aromatic rings. The molecule has 0 saturated carbocycles. The van der Waals surface area contributed by atoms with Gasteiger partial charge in [0.05, 0.1) is 0 Å². The van der Waals surface area contributed by atoms with Crippen molar-refractivity contribution >= 4 is 9.84 Å². The summed E-state index contributed by atoms with van der Waals surface area (Å²) < 4.78 is 35.4. The van der Waals surface area contributed by atoms with Crippen molar-refractivity contribution in [1.82, 2.24) is 0 Å². The van der Waals surface area contributed by atoms with Gasteiger partial charge in [0, 0.05) is 12.8 Å². The minimum atomic E-state index is -3.53. The highest BCUT2D eigenvalue weighted by Crippen LogP contribution is 2.18. The van der Waals surface area contributed by atoms with Crippen molar-refractivity contribution in [3.63, 3.8) is 0 Å². The lowest BCUT2D eigenvalue weighted by molar-refractivity contribution is 0.566. The van der Waals surface area contributed by atoms with Gasteiger partial charge in [-0.2, -0.15) is 0 Å². The molecular formula is C8H10FNO2S. The van der Waals surface area contributed by atoms with Gasteiger partial charge in [-0.25, -0.2) is 12.8 Å². The summed E-state index contributed by atoms with van der Waals surface area (Å²) in [6, 6.07) is 4.04. The van der Waals surface area contributed by atoms with Crippen molar-refractivity contribution < 1.29 is 12.8 Å². The highest BCUT2D eigenvalue weighted by atomic mass is 32.2. The Labute approximate surface area is 76.3 Å². The van der Waals surface area contributed by atoms with Crippen LogP contribution in [-0.2, 0) is 16.4 Å². The Bertz CT molecular complexity index is 414. The van der Waals surface area contributed by atoms with Gasteiger partial charge < -0.3 is 5.73 Å². The SMILES string of the molecule is CS(=O)(=O)c1c(F)cccc1CN. The predicted octanol–water partition coefficient (Wildman–Crippen LogP) is 0.688. The minimum Gasteiger partial charge on any atom is -0.326 e. The lowest BCUT2D eigenvalue weighted by Crippen LogP contribution is -2.08. The zero-order valence-corrected chi connectivity index (χ0v) is 7.94. The van der Waals surface area contributed by atoms with Gasteiger partial charge in [-0.3, -0.25) is 0 Å². The Morgan fingerprint density at radius 1 is 1.46 bits per heavy atom. The molecule has 0 aliphatic rings. The number of sulfone groups is 1. The maximum atomic E-state index is 13.1. The zero-order chi connectivity index (χ0) is 10.1. The van der Waals surface area contributed by atoms with Gasteiger partial charge in [0.25, 0.3) is 0 Å². The fourth-order valence-corrected chi connectivity index (χ4v) is 2.18. The molecule has 0 aromatic heterocycles. The van der Waals surface area contributed by atoms with E-state index in [0.717, 1.165) is 12.3 Å². The normalized spacial score (nSPS) is 11.6. The summed E-state index contributed by atoms with van der Waals surface area (Å²) in [5.74, 6) is -0.745. The first-order valence-electron chi connectivity index (χ1n) is 3.64. The average molecular weight is 203 g/mol. The number of benzene rings is 1. The van der Waals surface area contributed by atoms with Crippen LogP contribution >= 0.6 is 0 Å². The summed E-state index contributed by atoms with van der Waals surface area (Å²) in [4.78, 5) is -0.294. The largest absolute Gasteiger partial charge is 0.326 e. The molecule has 0 amide bonds. The number of hydrogen-bond donors (Lipinski definition) is 1. The lowest BCUT2D eigenvalue weighted by Gasteiger charge is -2.05. The van der Waals surface area contributed by atoms with Crippen LogP contribution in [0.5, 0.6) is 0 Å². The van der Waals surface area contributed by atoms with Crippen molar-refractivity contribution in [2.75, 3.05) is 6.26 Å². The van der Waals surface area contributed by atoms with Crippen molar-refractivity contribution in [3.05, 3.63) is 29.6 Å². The zero-order valence-electron chi connectivity index (χ0n) is 7.12. The Balaban J connectivity index is 3.50. The van der Waals surface area contributed by atoms with Crippen LogP contribution in [0.2, 0.25) is 0 Å². The van der Waals surface area contributed by atoms with E-state index < -0.39 is 15.7 Å². The summed E-state index contributed by atoms with van der Waals surface area (Å²) in [6.45, 7) is 0.0141. The van der Waals surface area contributed by atoms with Gasteiger partial charge in [-0.1, -0.05) is 12.1 Å². The van der Waals surface area contributed by atoms with E-state index in [4.69, 9.17) is 5.73 Å². The molecule has 0 aliphatic heterocycles. The van der Waals surface area contributed by atoms with Crippen molar-refractivity contribution in [1.29, 1.82) is 0 Å². The molecule has 0 aliphatic carbocycles. The number of halogens is 1. The van der Waals surface area contributed by atoms with Gasteiger partial charge in [-0.05, 0) is 11.6 Å². The summed E-state index contributed by atoms with van der Waals surface area (Å²) in [7, 11) is -3.53. The maximum absolute atomic E-state index is 13.1. The monoisotopic (exact) mass is 203 g/mol. The van der Waals surface area contributed by atoms with E-state index in [-0.39, 0.29) is 11.4 Å². The molecule has 1 rings (SSSR count). The molecule has 3 nitrogen and oxygen atoms in total. The van der Waals surface area contributed by atoms with Gasteiger partial charge in [-0.15, -0.1) is 0 Å². The summed E-state index contributed by atoms with van der Waals surface area (Å²) in [6.07, 6.45) is 0.963. The molecule has 0 radical (unpaired) electrons. The molecule has 0 unspecified atom stereocenters. The number of hydrogen-bond acceptors (Lipinski definition) is 3. The van der Waals surface area contributed by atoms with Gasteiger partial charge in [0.15, 0.2) is 9.84 Å². The van der Waals surface area contributed by atoms with Crippen molar-refractivity contribution in [2.24, 2.45) is 5.73 Å². The molecule has 1 aromatic carbocycles. The van der Waals surface area contributed by atoms with E-state index in [2.05, 4.69) is 0 Å². The van der Waals surface area contributed by atoms with Crippen LogP contribution in [0.4, 0.5) is 4.39 Å². The Morgan fingerprint density at radius 2 is 2.08 bits per heavy atom. The Hall–Kier alpha value is -0.940. The summed E-state index contributed by atoms with van der Waals surface area (Å²) in [5.41, 5.74) is 5.59. The maximum Gasteiger partial charge on any atom is 0.178 e. The van der Waals surface area contributed by atoms with E-state index in [9.17, 15) is 12.8 Å². The molecule has 72 valence electrons. The van der Waals surface area contributed by atoms with E-state index >= 15 is 0 Å². The van der Waals surface area contributed by atoms with Gasteiger partial charge in [0.1, 0.15) is 10.7 Å². The fourth-order valence-electron chi connectivity index (χ4n) is 1.13. The van der Waals surface area contributed by atoms with Crippen LogP contribution in [-0.4, -0.2) is 14.7 Å². The summed E-state index contributed by atoms with van der Waals surface area (Å²) in [5, 5.41) is 0. The summed E-state index contributed by atoms with van der Waals surface area (Å²) >= 11 is 0. The van der Waals surface area contributed by atoms with Crippen molar-refractivity contribution in [2.45, 2.75) is 11.4 Å². The molecule has 0 saturated heterocycles. The van der Waals surface area contributed by atoms with Crippen LogP contribution < -0.4 is 5.73 Å². The Morgan fingerprint density at radius 3 is 2.46 bits per heavy atom. The third kappa shape index (κ3) is 2.05. The van der Waals surface area contributed by atoms with Crippen LogP contribution in [0.3, 0.4) is 0 Å². The molecule has 2 N–H and O–H groups in total. The van der Waals surface area contributed by atoms with E-state index in [1.807, 2.05) is 0 Å². The van der Waals surface area contributed by atoms with E-state index in [1.54, 1.807) is 0 Å². The molecular weight excluding hydrogens is 193 g/mol. The molecule has 0 atom stereocenters. The van der Waals surface area contributed by atoms with E-state index in [1.165, 1.54) is 12.1 Å². The van der Waals surface area contributed by atoms with Gasteiger partial charge in [0.2, 0.25) is 0 Å². The number of rotatable bonds is 2. The molecule has 0 heterocycles. The quantitative estimate of drug-likeness (QED) is 0.769. The molecule has 13 heavy (non-hydrogen) atoms. The molecule has 0 spiro atoms. The van der Waals surface area contributed by atoms with Crippen LogP contribution in [0.1, 0.15) is 5.56 Å². The fraction of sp³-hybridized carbons (Fsp3) is 0.250. The smallest absolute Gasteiger partial charge is 0.178 e. The highest BCUT2D eigenvalue weighted by Gasteiger charge is 2.17. The van der Waals surface area contributed by atoms with Crippen LogP contribution in [0.25, 0.3) is 0 Å². The third-order valence-corrected chi connectivity index (χ3v) is 2.84.